The first kappa shape index (κ1) is 11.8. The number of fused-ring (bicyclic) bond motifs is 3. The zero-order valence-corrected chi connectivity index (χ0v) is 11.2. The highest BCUT2D eigenvalue weighted by Gasteiger charge is 2.12. The first-order valence-corrected chi connectivity index (χ1v) is 6.50. The van der Waals surface area contributed by atoms with Crippen LogP contribution in [0.15, 0.2) is 43.1 Å². The molecule has 0 amide bonds. The highest BCUT2D eigenvalue weighted by molar-refractivity contribution is 5.94. The van der Waals surface area contributed by atoms with Gasteiger partial charge in [0.15, 0.2) is 11.4 Å². The Hall–Kier alpha value is -3.02. The molecule has 4 heterocycles. The average molecular weight is 277 g/mol. The van der Waals surface area contributed by atoms with Gasteiger partial charge in [0.1, 0.15) is 12.0 Å². The number of pyridine rings is 1. The summed E-state index contributed by atoms with van der Waals surface area (Å²) in [5.41, 5.74) is 4.75. The number of rotatable bonds is 2. The van der Waals surface area contributed by atoms with Crippen LogP contribution in [0, 0.1) is 0 Å². The summed E-state index contributed by atoms with van der Waals surface area (Å²) in [6.45, 7) is 1.50. The molecule has 0 radical (unpaired) electrons. The minimum Gasteiger partial charge on any atom is -0.345 e. The minimum atomic E-state index is -0.0634. The summed E-state index contributed by atoms with van der Waals surface area (Å²) in [6.07, 6.45) is 7.00. The van der Waals surface area contributed by atoms with Gasteiger partial charge >= 0.3 is 0 Å². The van der Waals surface area contributed by atoms with Gasteiger partial charge < -0.3 is 4.98 Å². The topological polar surface area (TPSA) is 75.9 Å². The van der Waals surface area contributed by atoms with Gasteiger partial charge in [-0.05, 0) is 18.2 Å². The van der Waals surface area contributed by atoms with Crippen molar-refractivity contribution in [3.8, 4) is 11.3 Å². The van der Waals surface area contributed by atoms with E-state index in [0.717, 1.165) is 27.9 Å². The molecule has 4 rings (SSSR count). The largest absolute Gasteiger partial charge is 0.345 e. The Morgan fingerprint density at radius 2 is 2.10 bits per heavy atom. The third kappa shape index (κ3) is 1.73. The number of nitrogens with zero attached hydrogens (tertiary/aromatic N) is 4. The molecule has 4 aromatic rings. The van der Waals surface area contributed by atoms with Gasteiger partial charge in [-0.3, -0.25) is 14.2 Å². The lowest BCUT2D eigenvalue weighted by Gasteiger charge is -2.01. The second kappa shape index (κ2) is 4.24. The van der Waals surface area contributed by atoms with Crippen LogP contribution in [-0.2, 0) is 0 Å². The van der Waals surface area contributed by atoms with E-state index in [1.54, 1.807) is 24.8 Å². The van der Waals surface area contributed by atoms with E-state index in [4.69, 9.17) is 0 Å². The van der Waals surface area contributed by atoms with Crippen LogP contribution in [-0.4, -0.2) is 30.1 Å². The predicted octanol–water partition coefficient (Wildman–Crippen LogP) is 2.48. The second-order valence-corrected chi connectivity index (χ2v) is 4.80. The van der Waals surface area contributed by atoms with Crippen LogP contribution >= 0.6 is 0 Å². The Morgan fingerprint density at radius 1 is 1.19 bits per heavy atom. The number of carbonyl (C=O) groups excluding carboxylic acids is 1. The van der Waals surface area contributed by atoms with Gasteiger partial charge in [0.25, 0.3) is 0 Å². The summed E-state index contributed by atoms with van der Waals surface area (Å²) >= 11 is 0. The lowest BCUT2D eigenvalue weighted by molar-refractivity contribution is 0.101. The lowest BCUT2D eigenvalue weighted by Crippen LogP contribution is -1.96. The molecule has 0 unspecified atom stereocenters. The van der Waals surface area contributed by atoms with Crippen molar-refractivity contribution in [2.24, 2.45) is 0 Å². The van der Waals surface area contributed by atoms with E-state index < -0.39 is 0 Å². The quantitative estimate of drug-likeness (QED) is 0.571. The van der Waals surface area contributed by atoms with E-state index in [0.29, 0.717) is 5.69 Å². The number of carbonyl (C=O) groups is 1. The van der Waals surface area contributed by atoms with Crippen molar-refractivity contribution in [3.05, 3.63) is 48.8 Å². The number of Topliss-reactive ketones (excluding diaryl/α,β-unsaturated/α-hetero) is 1. The number of hydrogen-bond donors (Lipinski definition) is 1. The molecule has 0 saturated carbocycles. The van der Waals surface area contributed by atoms with E-state index >= 15 is 0 Å². The number of ketones is 1. The molecular weight excluding hydrogens is 266 g/mol. The van der Waals surface area contributed by atoms with Gasteiger partial charge in [-0.15, -0.1) is 0 Å². The van der Waals surface area contributed by atoms with E-state index in [9.17, 15) is 4.79 Å². The van der Waals surface area contributed by atoms with Gasteiger partial charge in [-0.2, -0.15) is 0 Å². The molecule has 0 aliphatic carbocycles. The highest BCUT2D eigenvalue weighted by atomic mass is 16.1. The summed E-state index contributed by atoms with van der Waals surface area (Å²) in [5.74, 6) is -0.0634. The second-order valence-electron chi connectivity index (χ2n) is 4.80. The molecule has 6 heteroatoms. The third-order valence-corrected chi connectivity index (χ3v) is 3.48. The van der Waals surface area contributed by atoms with Crippen molar-refractivity contribution in [2.45, 2.75) is 6.92 Å². The van der Waals surface area contributed by atoms with E-state index in [-0.39, 0.29) is 5.78 Å². The molecule has 0 fully saturated rings. The fourth-order valence-electron chi connectivity index (χ4n) is 2.44. The van der Waals surface area contributed by atoms with E-state index in [1.807, 2.05) is 22.7 Å². The van der Waals surface area contributed by atoms with Crippen LogP contribution in [0.5, 0.6) is 0 Å². The molecular formula is C15H11N5O. The molecule has 0 bridgehead atoms. The molecule has 6 nitrogen and oxygen atoms in total. The summed E-state index contributed by atoms with van der Waals surface area (Å²) in [5, 5.41) is 0. The maximum atomic E-state index is 11.5. The Labute approximate surface area is 119 Å². The first-order valence-electron chi connectivity index (χ1n) is 6.50. The fourth-order valence-corrected chi connectivity index (χ4v) is 2.44. The molecule has 0 saturated heterocycles. The van der Waals surface area contributed by atoms with Gasteiger partial charge in [0.05, 0.1) is 22.9 Å². The zero-order chi connectivity index (χ0) is 14.4. The Kier molecular flexibility index (Phi) is 2.38. The molecule has 0 aromatic carbocycles. The number of aromatic amines is 1. The molecule has 1 N–H and O–H groups in total. The molecule has 102 valence electrons. The maximum Gasteiger partial charge on any atom is 0.178 e. The molecule has 21 heavy (non-hydrogen) atoms. The van der Waals surface area contributed by atoms with Gasteiger partial charge in [-0.25, -0.2) is 9.97 Å². The number of imidazole rings is 1. The number of hydrogen-bond acceptors (Lipinski definition) is 4. The first-order chi connectivity index (χ1) is 10.2. The van der Waals surface area contributed by atoms with Crippen molar-refractivity contribution in [2.75, 3.05) is 0 Å². The van der Waals surface area contributed by atoms with Crippen molar-refractivity contribution in [3.63, 3.8) is 0 Å². The average Bonchev–Trinajstić information content (AvgIpc) is 3.13. The summed E-state index contributed by atoms with van der Waals surface area (Å²) in [7, 11) is 0. The van der Waals surface area contributed by atoms with Gasteiger partial charge in [-0.1, -0.05) is 0 Å². The minimum absolute atomic E-state index is 0.0634. The Balaban J connectivity index is 1.98. The van der Waals surface area contributed by atoms with E-state index in [2.05, 4.69) is 19.9 Å². The van der Waals surface area contributed by atoms with Crippen LogP contribution in [0.3, 0.4) is 0 Å². The van der Waals surface area contributed by atoms with Crippen molar-refractivity contribution >= 4 is 22.5 Å². The SMILES string of the molecule is CC(=O)c1cc(-c2ncn3c2cnc2[nH]ccc23)ccn1. The molecule has 0 spiro atoms. The number of nitrogens with one attached hydrogen (secondary N) is 1. The molecule has 4 aromatic heterocycles. The Bertz CT molecular complexity index is 982. The van der Waals surface area contributed by atoms with Gasteiger partial charge in [0, 0.05) is 24.9 Å². The van der Waals surface area contributed by atoms with Crippen molar-refractivity contribution < 1.29 is 4.79 Å². The van der Waals surface area contributed by atoms with Crippen LogP contribution in [0.4, 0.5) is 0 Å². The standard InChI is InChI=1S/C15H11N5O/c1-9(21)11-6-10(2-4-16-11)14-13-7-18-15-12(3-5-17-15)20(13)8-19-14/h2-8,17H,1H3. The van der Waals surface area contributed by atoms with Crippen molar-refractivity contribution in [1.29, 1.82) is 0 Å². The third-order valence-electron chi connectivity index (χ3n) is 3.48. The summed E-state index contributed by atoms with van der Waals surface area (Å²) in [4.78, 5) is 27.5. The normalized spacial score (nSPS) is 11.3. The van der Waals surface area contributed by atoms with Crippen molar-refractivity contribution in [1.82, 2.24) is 24.3 Å². The smallest absolute Gasteiger partial charge is 0.178 e. The van der Waals surface area contributed by atoms with Crippen LogP contribution < -0.4 is 0 Å². The van der Waals surface area contributed by atoms with Crippen LogP contribution in [0.2, 0.25) is 0 Å². The molecule has 0 aliphatic heterocycles. The molecule has 0 aliphatic rings. The number of H-pyrrole nitrogens is 1. The molecule has 0 atom stereocenters. The van der Waals surface area contributed by atoms with E-state index in [1.165, 1.54) is 6.92 Å². The monoisotopic (exact) mass is 277 g/mol. The predicted molar refractivity (Wildman–Crippen MR) is 78.1 cm³/mol. The summed E-state index contributed by atoms with van der Waals surface area (Å²) < 4.78 is 1.97. The Morgan fingerprint density at radius 3 is 2.95 bits per heavy atom. The van der Waals surface area contributed by atoms with Crippen LogP contribution in [0.1, 0.15) is 17.4 Å². The zero-order valence-electron chi connectivity index (χ0n) is 11.2. The lowest BCUT2D eigenvalue weighted by atomic mass is 10.1. The number of aromatic nitrogens is 5. The van der Waals surface area contributed by atoms with Crippen LogP contribution in [0.25, 0.3) is 27.9 Å². The fraction of sp³-hybridized carbons (Fsp3) is 0.0667. The summed E-state index contributed by atoms with van der Waals surface area (Å²) in [6, 6.07) is 5.55. The maximum absolute atomic E-state index is 11.5. The van der Waals surface area contributed by atoms with Gasteiger partial charge in [0.2, 0.25) is 0 Å². The highest BCUT2D eigenvalue weighted by Crippen LogP contribution is 2.25.